The van der Waals surface area contributed by atoms with Gasteiger partial charge in [-0.1, -0.05) is 19.4 Å². The van der Waals surface area contributed by atoms with Crippen LogP contribution >= 0.6 is 0 Å². The molecule has 1 N–H and O–H groups in total. The van der Waals surface area contributed by atoms with Gasteiger partial charge in [-0.15, -0.1) is 0 Å². The molecular formula is C20H26N2O4S. The van der Waals surface area contributed by atoms with Crippen molar-refractivity contribution >= 4 is 15.5 Å². The van der Waals surface area contributed by atoms with Crippen molar-refractivity contribution in [2.24, 2.45) is 7.05 Å². The third kappa shape index (κ3) is 3.88. The summed E-state index contributed by atoms with van der Waals surface area (Å²) in [5.41, 5.74) is 2.86. The van der Waals surface area contributed by atoms with Crippen LogP contribution in [0.5, 0.6) is 5.75 Å². The van der Waals surface area contributed by atoms with Crippen LogP contribution in [0, 0.1) is 0 Å². The summed E-state index contributed by atoms with van der Waals surface area (Å²) in [7, 11) is -1.65. The summed E-state index contributed by atoms with van der Waals surface area (Å²) < 4.78 is 31.6. The third-order valence-electron chi connectivity index (χ3n) is 4.80. The highest BCUT2D eigenvalue weighted by Gasteiger charge is 2.25. The number of anilines is 1. The number of benzene rings is 1. The van der Waals surface area contributed by atoms with Gasteiger partial charge in [-0.3, -0.25) is 4.79 Å². The van der Waals surface area contributed by atoms with Crippen molar-refractivity contribution in [2.75, 3.05) is 18.2 Å². The third-order valence-corrected chi connectivity index (χ3v) is 5.91. The number of hydrogen-bond acceptors (Lipinski definition) is 5. The van der Waals surface area contributed by atoms with Gasteiger partial charge < -0.3 is 14.6 Å². The molecule has 2 heterocycles. The van der Waals surface area contributed by atoms with Crippen LogP contribution < -0.4 is 15.6 Å². The lowest BCUT2D eigenvalue weighted by Gasteiger charge is -2.27. The van der Waals surface area contributed by atoms with E-state index in [2.05, 4.69) is 12.2 Å². The highest BCUT2D eigenvalue weighted by atomic mass is 32.2. The number of fused-ring (bicyclic) bond motifs is 1. The van der Waals surface area contributed by atoms with E-state index in [-0.39, 0.29) is 16.5 Å². The zero-order valence-electron chi connectivity index (χ0n) is 16.2. The number of ether oxygens (including phenoxy) is 1. The van der Waals surface area contributed by atoms with Gasteiger partial charge in [-0.25, -0.2) is 8.42 Å². The van der Waals surface area contributed by atoms with E-state index in [9.17, 15) is 13.2 Å². The van der Waals surface area contributed by atoms with E-state index in [1.165, 1.54) is 10.8 Å². The van der Waals surface area contributed by atoms with E-state index in [0.29, 0.717) is 18.0 Å². The quantitative estimate of drug-likeness (QED) is 0.849. The van der Waals surface area contributed by atoms with Crippen LogP contribution in [0.3, 0.4) is 0 Å². The molecule has 27 heavy (non-hydrogen) atoms. The van der Waals surface area contributed by atoms with E-state index >= 15 is 0 Å². The van der Waals surface area contributed by atoms with E-state index in [4.69, 9.17) is 4.74 Å². The average Bonchev–Trinajstić information content (AvgIpc) is 2.62. The highest BCUT2D eigenvalue weighted by Crippen LogP contribution is 2.39. The molecule has 0 amide bonds. The minimum atomic E-state index is -3.34. The van der Waals surface area contributed by atoms with Crippen LogP contribution in [0.25, 0.3) is 11.1 Å². The van der Waals surface area contributed by atoms with Crippen molar-refractivity contribution in [3.8, 4) is 16.9 Å². The summed E-state index contributed by atoms with van der Waals surface area (Å²) in [6.45, 7) is 4.52. The lowest BCUT2D eigenvalue weighted by Crippen LogP contribution is -2.34. The molecule has 2 aromatic rings. The molecule has 3 rings (SSSR count). The van der Waals surface area contributed by atoms with Gasteiger partial charge in [0, 0.05) is 25.1 Å². The molecule has 0 spiro atoms. The van der Waals surface area contributed by atoms with Crippen molar-refractivity contribution in [3.63, 3.8) is 0 Å². The highest BCUT2D eigenvalue weighted by molar-refractivity contribution is 7.90. The number of rotatable bonds is 5. The lowest BCUT2D eigenvalue weighted by molar-refractivity contribution is 0.291. The van der Waals surface area contributed by atoms with Crippen molar-refractivity contribution in [1.29, 1.82) is 0 Å². The van der Waals surface area contributed by atoms with Crippen LogP contribution in [0.4, 0.5) is 5.69 Å². The van der Waals surface area contributed by atoms with Gasteiger partial charge in [0.15, 0.2) is 15.6 Å². The molecule has 1 aromatic carbocycles. The summed E-state index contributed by atoms with van der Waals surface area (Å²) >= 11 is 0. The number of aryl methyl sites for hydroxylation is 2. The number of hydrogen-bond donors (Lipinski definition) is 1. The summed E-state index contributed by atoms with van der Waals surface area (Å²) in [5, 5.41) is 3.21. The number of pyridine rings is 1. The number of nitrogens with one attached hydrogen (secondary N) is 1. The van der Waals surface area contributed by atoms with Crippen LogP contribution in [-0.2, 0) is 23.3 Å². The fraction of sp³-hybridized carbons (Fsp3) is 0.450. The second-order valence-corrected chi connectivity index (χ2v) is 9.23. The maximum absolute atomic E-state index is 12.6. The summed E-state index contributed by atoms with van der Waals surface area (Å²) in [4.78, 5) is 12.8. The number of aromatic nitrogens is 1. The van der Waals surface area contributed by atoms with Gasteiger partial charge in [-0.2, -0.15) is 0 Å². The van der Waals surface area contributed by atoms with Crippen molar-refractivity contribution in [2.45, 2.75) is 44.0 Å². The molecule has 1 aromatic heterocycles. The van der Waals surface area contributed by atoms with E-state index in [1.807, 2.05) is 13.0 Å². The smallest absolute Gasteiger partial charge is 0.277 e. The summed E-state index contributed by atoms with van der Waals surface area (Å²) in [5.74, 6) is 0.500. The molecular weight excluding hydrogens is 364 g/mol. The Balaban J connectivity index is 2.27. The first-order valence-corrected chi connectivity index (χ1v) is 11.1. The topological polar surface area (TPSA) is 77.4 Å². The van der Waals surface area contributed by atoms with Gasteiger partial charge in [0.05, 0.1) is 10.9 Å². The largest absolute Gasteiger partial charge is 0.488 e. The van der Waals surface area contributed by atoms with Gasteiger partial charge >= 0.3 is 0 Å². The molecule has 6 nitrogen and oxygen atoms in total. The van der Waals surface area contributed by atoms with Crippen molar-refractivity contribution in [1.82, 2.24) is 4.57 Å². The molecule has 0 aliphatic carbocycles. The molecule has 1 atom stereocenters. The normalized spacial score (nSPS) is 16.4. The first-order chi connectivity index (χ1) is 12.7. The molecule has 146 valence electrons. The zero-order valence-corrected chi connectivity index (χ0v) is 17.0. The summed E-state index contributed by atoms with van der Waals surface area (Å²) in [6, 6.07) is 5.25. The Morgan fingerprint density at radius 1 is 1.30 bits per heavy atom. The minimum Gasteiger partial charge on any atom is -0.488 e. The first kappa shape index (κ1) is 19.5. The molecule has 1 aliphatic heterocycles. The molecule has 0 radical (unpaired) electrons. The second-order valence-electron chi connectivity index (χ2n) is 7.21. The number of unbranched alkanes of at least 4 members (excludes halogenated alkanes) is 1. The predicted octanol–water partition coefficient (Wildman–Crippen LogP) is 2.99. The Labute approximate surface area is 160 Å². The zero-order chi connectivity index (χ0) is 19.8. The van der Waals surface area contributed by atoms with Crippen LogP contribution in [0.2, 0.25) is 0 Å². The van der Waals surface area contributed by atoms with Gasteiger partial charge in [-0.05, 0) is 43.0 Å². The maximum atomic E-state index is 12.6. The standard InChI is InChI=1S/C20H26N2O4S/c1-5-6-7-14-8-9-15(27(4,24)25)10-16(14)17-11-22(3)20(23)18-19(17)26-12-13(2)21-18/h8-11,13,21H,5-7,12H2,1-4H3/t13-/m1/s1. The second kappa shape index (κ2) is 7.38. The Kier molecular flexibility index (Phi) is 5.33. The predicted molar refractivity (Wildman–Crippen MR) is 107 cm³/mol. The fourth-order valence-electron chi connectivity index (χ4n) is 3.31. The van der Waals surface area contributed by atoms with Crippen LogP contribution in [0.15, 0.2) is 34.1 Å². The van der Waals surface area contributed by atoms with Crippen molar-refractivity contribution < 1.29 is 13.2 Å². The van der Waals surface area contributed by atoms with Crippen LogP contribution in [-0.4, -0.2) is 31.9 Å². The molecule has 0 fully saturated rings. The Hall–Kier alpha value is -2.28. The van der Waals surface area contributed by atoms with Gasteiger partial charge in [0.25, 0.3) is 5.56 Å². The molecule has 0 saturated heterocycles. The summed E-state index contributed by atoms with van der Waals surface area (Å²) in [6.07, 6.45) is 5.80. The lowest BCUT2D eigenvalue weighted by atomic mass is 9.96. The van der Waals surface area contributed by atoms with E-state index in [0.717, 1.165) is 36.0 Å². The number of nitrogens with zero attached hydrogens (tertiary/aromatic N) is 1. The van der Waals surface area contributed by atoms with Gasteiger partial charge in [0.2, 0.25) is 0 Å². The van der Waals surface area contributed by atoms with E-state index in [1.54, 1.807) is 25.4 Å². The Morgan fingerprint density at radius 2 is 2.04 bits per heavy atom. The van der Waals surface area contributed by atoms with E-state index < -0.39 is 9.84 Å². The molecule has 1 aliphatic rings. The maximum Gasteiger partial charge on any atom is 0.277 e. The SMILES string of the molecule is CCCCc1ccc(S(C)(=O)=O)cc1-c1cn(C)c(=O)c2c1OC[C@@H](C)N2. The monoisotopic (exact) mass is 390 g/mol. The first-order valence-electron chi connectivity index (χ1n) is 9.18. The molecule has 0 unspecified atom stereocenters. The van der Waals surface area contributed by atoms with Crippen LogP contribution in [0.1, 0.15) is 32.3 Å². The Morgan fingerprint density at radius 3 is 2.70 bits per heavy atom. The minimum absolute atomic E-state index is 0.0300. The number of sulfone groups is 1. The van der Waals surface area contributed by atoms with Crippen molar-refractivity contribution in [3.05, 3.63) is 40.3 Å². The molecule has 0 saturated carbocycles. The Bertz CT molecular complexity index is 1030. The molecule has 7 heteroatoms. The molecule has 0 bridgehead atoms. The fourth-order valence-corrected chi connectivity index (χ4v) is 3.95. The average molecular weight is 391 g/mol. The van der Waals surface area contributed by atoms with Gasteiger partial charge in [0.1, 0.15) is 12.3 Å².